The summed E-state index contributed by atoms with van der Waals surface area (Å²) in [4.78, 5) is 2.47. The lowest BCUT2D eigenvalue weighted by atomic mass is 9.64. The maximum Gasteiger partial charge on any atom is 0.0665 e. The van der Waals surface area contributed by atoms with Gasteiger partial charge < -0.3 is 0 Å². The minimum Gasteiger partial charge on any atom is -0.294 e. The molecule has 2 atom stereocenters. The van der Waals surface area contributed by atoms with Gasteiger partial charge in [0.2, 0.25) is 0 Å². The quantitative estimate of drug-likeness (QED) is 0.762. The zero-order valence-corrected chi connectivity index (χ0v) is 12.0. The number of hydrogen-bond acceptors (Lipinski definition) is 2. The van der Waals surface area contributed by atoms with Crippen LogP contribution in [0.1, 0.15) is 31.2 Å². The Labute approximate surface area is 121 Å². The largest absolute Gasteiger partial charge is 0.294 e. The molecule has 1 saturated heterocycles. The number of benzene rings is 1. The van der Waals surface area contributed by atoms with Crippen molar-refractivity contribution < 1.29 is 0 Å². The summed E-state index contributed by atoms with van der Waals surface area (Å²) >= 11 is 0. The normalized spacial score (nSPS) is 30.6. The maximum atomic E-state index is 9.50. The van der Waals surface area contributed by atoms with Crippen LogP contribution in [0.3, 0.4) is 0 Å². The van der Waals surface area contributed by atoms with Crippen molar-refractivity contribution in [1.82, 2.24) is 4.90 Å². The van der Waals surface area contributed by atoms with Gasteiger partial charge in [-0.15, -0.1) is 0 Å². The van der Waals surface area contributed by atoms with Crippen molar-refractivity contribution in [2.75, 3.05) is 13.1 Å². The third-order valence-corrected chi connectivity index (χ3v) is 5.06. The van der Waals surface area contributed by atoms with Gasteiger partial charge in [0, 0.05) is 25.0 Å². The molecule has 0 N–H and O–H groups in total. The number of nitriles is 1. The van der Waals surface area contributed by atoms with Crippen LogP contribution in [-0.2, 0) is 6.54 Å². The molecule has 2 fully saturated rings. The molecule has 1 aromatic rings. The molecule has 1 spiro atoms. The minimum atomic E-state index is 0.0712. The summed E-state index contributed by atoms with van der Waals surface area (Å²) in [5.41, 5.74) is 2.71. The first-order valence-corrected chi connectivity index (χ1v) is 7.59. The molecule has 20 heavy (non-hydrogen) atoms. The van der Waals surface area contributed by atoms with E-state index in [-0.39, 0.29) is 11.3 Å². The van der Waals surface area contributed by atoms with Crippen LogP contribution >= 0.6 is 0 Å². The molecular formula is C18H22N2. The van der Waals surface area contributed by atoms with Crippen molar-refractivity contribution in [2.24, 2.45) is 11.3 Å². The third kappa shape index (κ3) is 2.27. The van der Waals surface area contributed by atoms with Crippen molar-refractivity contribution in [3.63, 3.8) is 0 Å². The van der Waals surface area contributed by atoms with E-state index < -0.39 is 0 Å². The first-order chi connectivity index (χ1) is 9.74. The lowest BCUT2D eigenvalue weighted by Gasteiger charge is -2.38. The van der Waals surface area contributed by atoms with Gasteiger partial charge in [-0.2, -0.15) is 5.26 Å². The fraction of sp³-hybridized carbons (Fsp3) is 0.500. The molecular weight excluding hydrogens is 244 g/mol. The van der Waals surface area contributed by atoms with E-state index in [0.717, 1.165) is 32.5 Å². The maximum absolute atomic E-state index is 9.50. The highest BCUT2D eigenvalue weighted by Crippen LogP contribution is 2.50. The van der Waals surface area contributed by atoms with E-state index in [1.807, 2.05) is 0 Å². The summed E-state index contributed by atoms with van der Waals surface area (Å²) in [6.07, 6.45) is 4.65. The summed E-state index contributed by atoms with van der Waals surface area (Å²) in [5.74, 6) is 0.171. The average Bonchev–Trinajstić information content (AvgIpc) is 2.77. The zero-order valence-electron chi connectivity index (χ0n) is 12.0. The van der Waals surface area contributed by atoms with Crippen molar-refractivity contribution >= 4 is 0 Å². The molecule has 1 saturated carbocycles. The van der Waals surface area contributed by atoms with E-state index in [4.69, 9.17) is 0 Å². The Kier molecular flexibility index (Phi) is 3.63. The van der Waals surface area contributed by atoms with Gasteiger partial charge in [-0.05, 0) is 18.4 Å². The Hall–Kier alpha value is -1.59. The Bertz CT molecular complexity index is 528. The fourth-order valence-corrected chi connectivity index (χ4v) is 3.99. The van der Waals surface area contributed by atoms with E-state index in [2.05, 4.69) is 47.9 Å². The summed E-state index contributed by atoms with van der Waals surface area (Å²) in [7, 11) is 0. The molecule has 0 aromatic heterocycles. The summed E-state index contributed by atoms with van der Waals surface area (Å²) in [5, 5.41) is 9.50. The van der Waals surface area contributed by atoms with Crippen molar-refractivity contribution in [3.05, 3.63) is 48.0 Å². The van der Waals surface area contributed by atoms with Gasteiger partial charge in [-0.3, -0.25) is 4.90 Å². The van der Waals surface area contributed by atoms with Crippen molar-refractivity contribution in [1.29, 1.82) is 5.26 Å². The third-order valence-electron chi connectivity index (χ3n) is 5.06. The lowest BCUT2D eigenvalue weighted by Crippen LogP contribution is -2.36. The first kappa shape index (κ1) is 13.4. The highest BCUT2D eigenvalue weighted by atomic mass is 15.2. The monoisotopic (exact) mass is 266 g/mol. The van der Waals surface area contributed by atoms with Gasteiger partial charge in [-0.25, -0.2) is 0 Å². The molecule has 0 radical (unpaired) electrons. The first-order valence-electron chi connectivity index (χ1n) is 7.59. The molecule has 1 aliphatic carbocycles. The van der Waals surface area contributed by atoms with Crippen LogP contribution in [0.25, 0.3) is 0 Å². The number of nitrogens with zero attached hydrogens (tertiary/aromatic N) is 2. The summed E-state index contributed by atoms with van der Waals surface area (Å²) in [6, 6.07) is 13.2. The second-order valence-electron chi connectivity index (χ2n) is 6.32. The molecule has 0 amide bonds. The Morgan fingerprint density at radius 2 is 2.10 bits per heavy atom. The fourth-order valence-electron chi connectivity index (χ4n) is 3.99. The van der Waals surface area contributed by atoms with E-state index in [1.54, 1.807) is 0 Å². The van der Waals surface area contributed by atoms with Crippen molar-refractivity contribution in [3.8, 4) is 6.07 Å². The number of likely N-dealkylation sites (tertiary alicyclic amines) is 1. The highest BCUT2D eigenvalue weighted by molar-refractivity contribution is 5.26. The van der Waals surface area contributed by atoms with E-state index >= 15 is 0 Å². The number of rotatable bonds is 2. The zero-order chi connectivity index (χ0) is 14.0. The Morgan fingerprint density at radius 1 is 1.30 bits per heavy atom. The van der Waals surface area contributed by atoms with Gasteiger partial charge in [-0.1, -0.05) is 55.3 Å². The highest BCUT2D eigenvalue weighted by Gasteiger charge is 2.48. The van der Waals surface area contributed by atoms with Gasteiger partial charge in [0.15, 0.2) is 0 Å². The average molecular weight is 266 g/mol. The second-order valence-corrected chi connectivity index (χ2v) is 6.32. The molecule has 3 rings (SSSR count). The minimum absolute atomic E-state index is 0.0712. The van der Waals surface area contributed by atoms with Crippen LogP contribution in [0.4, 0.5) is 0 Å². The number of hydrogen-bond donors (Lipinski definition) is 0. The molecule has 1 aromatic carbocycles. The molecule has 1 aliphatic heterocycles. The molecule has 2 aliphatic rings. The van der Waals surface area contributed by atoms with Gasteiger partial charge >= 0.3 is 0 Å². The SMILES string of the molecule is C=C1CN(Cc2ccccc2)C[C@]12CCCC[C@@H]2C#N. The van der Waals surface area contributed by atoms with Crippen LogP contribution in [0.5, 0.6) is 0 Å². The van der Waals surface area contributed by atoms with Crippen LogP contribution in [-0.4, -0.2) is 18.0 Å². The molecule has 0 unspecified atom stereocenters. The van der Waals surface area contributed by atoms with Crippen LogP contribution in [0.2, 0.25) is 0 Å². The van der Waals surface area contributed by atoms with Gasteiger partial charge in [0.05, 0.1) is 12.0 Å². The second kappa shape index (κ2) is 5.42. The Morgan fingerprint density at radius 3 is 2.85 bits per heavy atom. The predicted molar refractivity (Wildman–Crippen MR) is 80.9 cm³/mol. The van der Waals surface area contributed by atoms with Crippen LogP contribution in [0.15, 0.2) is 42.5 Å². The molecule has 1 heterocycles. The van der Waals surface area contributed by atoms with E-state index in [1.165, 1.54) is 24.0 Å². The topological polar surface area (TPSA) is 27.0 Å². The smallest absolute Gasteiger partial charge is 0.0665 e. The molecule has 104 valence electrons. The summed E-state index contributed by atoms with van der Waals surface area (Å²) in [6.45, 7) is 7.26. The predicted octanol–water partition coefficient (Wildman–Crippen LogP) is 3.76. The summed E-state index contributed by atoms with van der Waals surface area (Å²) < 4.78 is 0. The standard InChI is InChI=1S/C18H22N2/c1-15-12-20(13-16-7-3-2-4-8-16)14-18(15)10-6-5-9-17(18)11-19/h2-4,7-8,17H,1,5-6,9-10,12-14H2/t17-,18-/m1/s1. The van der Waals surface area contributed by atoms with Crippen molar-refractivity contribution in [2.45, 2.75) is 32.2 Å². The van der Waals surface area contributed by atoms with E-state index in [0.29, 0.717) is 0 Å². The lowest BCUT2D eigenvalue weighted by molar-refractivity contribution is 0.162. The van der Waals surface area contributed by atoms with Crippen LogP contribution < -0.4 is 0 Å². The van der Waals surface area contributed by atoms with E-state index in [9.17, 15) is 5.26 Å². The Balaban J connectivity index is 1.76. The van der Waals surface area contributed by atoms with Crippen LogP contribution in [0, 0.1) is 22.7 Å². The molecule has 2 heteroatoms. The molecule has 0 bridgehead atoms. The van der Waals surface area contributed by atoms with Gasteiger partial charge in [0.25, 0.3) is 0 Å². The molecule has 2 nitrogen and oxygen atoms in total. The van der Waals surface area contributed by atoms with Gasteiger partial charge in [0.1, 0.15) is 0 Å².